The highest BCUT2D eigenvalue weighted by atomic mass is 16.5. The van der Waals surface area contributed by atoms with Crippen LogP contribution >= 0.6 is 0 Å². The first-order valence-electron chi connectivity index (χ1n) is 7.44. The summed E-state index contributed by atoms with van der Waals surface area (Å²) in [6.45, 7) is 0.151. The van der Waals surface area contributed by atoms with Gasteiger partial charge >= 0.3 is 5.97 Å². The molecule has 0 heterocycles. The third-order valence-electron chi connectivity index (χ3n) is 3.20. The number of amides is 2. The van der Waals surface area contributed by atoms with Gasteiger partial charge in [0.15, 0.2) is 0 Å². The third-order valence-corrected chi connectivity index (χ3v) is 3.20. The van der Waals surface area contributed by atoms with Gasteiger partial charge in [0.05, 0.1) is 13.7 Å². The van der Waals surface area contributed by atoms with Crippen LogP contribution in [0.1, 0.15) is 18.4 Å². The largest absolute Gasteiger partial charge is 0.469 e. The van der Waals surface area contributed by atoms with Crippen LogP contribution < -0.4 is 16.4 Å². The van der Waals surface area contributed by atoms with Gasteiger partial charge in [-0.1, -0.05) is 30.3 Å². The molecule has 0 bridgehead atoms. The molecule has 0 saturated carbocycles. The Bertz CT molecular complexity index is 519. The normalized spacial score (nSPS) is 11.4. The summed E-state index contributed by atoms with van der Waals surface area (Å²) in [5.74, 6) is -1.02. The van der Waals surface area contributed by atoms with Crippen molar-refractivity contribution < 1.29 is 19.1 Å². The van der Waals surface area contributed by atoms with Crippen LogP contribution in [-0.4, -0.2) is 44.0 Å². The summed E-state index contributed by atoms with van der Waals surface area (Å²) in [6, 6.07) is 8.67. The van der Waals surface area contributed by atoms with Crippen LogP contribution in [-0.2, 0) is 25.5 Å². The molecule has 0 aromatic heterocycles. The van der Waals surface area contributed by atoms with Crippen LogP contribution in [0.4, 0.5) is 0 Å². The van der Waals surface area contributed by atoms with Crippen LogP contribution in [0, 0.1) is 0 Å². The Morgan fingerprint density at radius 3 is 2.52 bits per heavy atom. The zero-order valence-corrected chi connectivity index (χ0v) is 13.2. The van der Waals surface area contributed by atoms with Gasteiger partial charge in [-0.25, -0.2) is 0 Å². The molecule has 1 aromatic rings. The van der Waals surface area contributed by atoms with Crippen molar-refractivity contribution in [2.45, 2.75) is 25.3 Å². The van der Waals surface area contributed by atoms with E-state index >= 15 is 0 Å². The average Bonchev–Trinajstić information content (AvgIpc) is 2.58. The molecule has 1 aromatic carbocycles. The highest BCUT2D eigenvalue weighted by Gasteiger charge is 2.20. The summed E-state index contributed by atoms with van der Waals surface area (Å²) in [7, 11) is 1.32. The number of hydrogen-bond acceptors (Lipinski definition) is 5. The van der Waals surface area contributed by atoms with Crippen molar-refractivity contribution in [3.63, 3.8) is 0 Å². The lowest BCUT2D eigenvalue weighted by molar-refractivity contribution is -0.140. The number of rotatable bonds is 9. The molecular formula is C16H23N3O4. The number of benzene rings is 1. The highest BCUT2D eigenvalue weighted by Crippen LogP contribution is 2.04. The minimum absolute atomic E-state index is 0.180. The smallest absolute Gasteiger partial charge is 0.305 e. The Kier molecular flexibility index (Phi) is 8.38. The third kappa shape index (κ3) is 7.42. The molecule has 126 valence electrons. The quantitative estimate of drug-likeness (QED) is 0.429. The molecule has 7 nitrogen and oxygen atoms in total. The zero-order valence-electron chi connectivity index (χ0n) is 13.2. The van der Waals surface area contributed by atoms with Gasteiger partial charge in [0, 0.05) is 19.4 Å². The number of ether oxygens (including phenoxy) is 1. The summed E-state index contributed by atoms with van der Waals surface area (Å²) in [5, 5.41) is 5.32. The predicted molar refractivity (Wildman–Crippen MR) is 85.4 cm³/mol. The van der Waals surface area contributed by atoms with E-state index in [1.807, 2.05) is 30.3 Å². The van der Waals surface area contributed by atoms with E-state index < -0.39 is 11.9 Å². The first kappa shape index (κ1) is 18.6. The van der Waals surface area contributed by atoms with E-state index in [4.69, 9.17) is 5.73 Å². The van der Waals surface area contributed by atoms with E-state index in [-0.39, 0.29) is 24.8 Å². The fourth-order valence-electron chi connectivity index (χ4n) is 1.98. The zero-order chi connectivity index (χ0) is 17.1. The van der Waals surface area contributed by atoms with Crippen LogP contribution in [0.25, 0.3) is 0 Å². The second-order valence-corrected chi connectivity index (χ2v) is 4.98. The fourth-order valence-corrected chi connectivity index (χ4v) is 1.98. The fraction of sp³-hybridized carbons (Fsp3) is 0.438. The number of nitrogens with two attached hydrogens (primary N) is 1. The molecule has 4 N–H and O–H groups in total. The van der Waals surface area contributed by atoms with Gasteiger partial charge in [0.25, 0.3) is 0 Å². The highest BCUT2D eigenvalue weighted by molar-refractivity contribution is 5.88. The number of carbonyl (C=O) groups excluding carboxylic acids is 3. The molecular weight excluding hydrogens is 298 g/mol. The summed E-state index contributed by atoms with van der Waals surface area (Å²) >= 11 is 0. The molecule has 23 heavy (non-hydrogen) atoms. The van der Waals surface area contributed by atoms with Crippen molar-refractivity contribution in [3.05, 3.63) is 35.9 Å². The van der Waals surface area contributed by atoms with Gasteiger partial charge in [0.1, 0.15) is 6.04 Å². The van der Waals surface area contributed by atoms with E-state index in [9.17, 15) is 14.4 Å². The number of carbonyl (C=O) groups is 3. The van der Waals surface area contributed by atoms with Gasteiger partial charge in [-0.05, 0) is 12.0 Å². The van der Waals surface area contributed by atoms with Crippen molar-refractivity contribution in [1.29, 1.82) is 0 Å². The molecule has 1 atom stereocenters. The second-order valence-electron chi connectivity index (χ2n) is 4.98. The Morgan fingerprint density at radius 1 is 1.22 bits per heavy atom. The van der Waals surface area contributed by atoms with Crippen LogP contribution in [0.2, 0.25) is 0 Å². The molecule has 0 aliphatic heterocycles. The number of nitrogens with one attached hydrogen (secondary N) is 2. The molecule has 0 spiro atoms. The van der Waals surface area contributed by atoms with E-state index in [1.54, 1.807) is 0 Å². The lowest BCUT2D eigenvalue weighted by Gasteiger charge is -2.18. The molecule has 0 aliphatic carbocycles. The van der Waals surface area contributed by atoms with Crippen LogP contribution in [0.5, 0.6) is 0 Å². The Morgan fingerprint density at radius 2 is 1.91 bits per heavy atom. The maximum atomic E-state index is 12.2. The first-order valence-corrected chi connectivity index (χ1v) is 7.44. The number of methoxy groups -OCH3 is 1. The SMILES string of the molecule is COC(=O)CCCNC(=O)[C@H](Cc1ccccc1)NC(=O)CN. The topological polar surface area (TPSA) is 111 Å². The Hall–Kier alpha value is -2.41. The van der Waals surface area contributed by atoms with E-state index in [1.165, 1.54) is 7.11 Å². The van der Waals surface area contributed by atoms with Gasteiger partial charge in [-0.3, -0.25) is 14.4 Å². The standard InChI is InChI=1S/C16H23N3O4/c1-23-15(21)8-5-9-18-16(22)13(19-14(20)11-17)10-12-6-3-2-4-7-12/h2-4,6-7,13H,5,8-11,17H2,1H3,(H,18,22)(H,19,20)/t13-/m0/s1. The minimum atomic E-state index is -0.702. The van der Waals surface area contributed by atoms with E-state index in [2.05, 4.69) is 15.4 Å². The van der Waals surface area contributed by atoms with Gasteiger partial charge in [-0.15, -0.1) is 0 Å². The molecule has 0 unspecified atom stereocenters. The summed E-state index contributed by atoms with van der Waals surface area (Å²) < 4.78 is 4.53. The van der Waals surface area contributed by atoms with Crippen molar-refractivity contribution in [2.24, 2.45) is 5.73 Å². The monoisotopic (exact) mass is 321 g/mol. The van der Waals surface area contributed by atoms with Crippen LogP contribution in [0.15, 0.2) is 30.3 Å². The second kappa shape index (κ2) is 10.3. The summed E-state index contributed by atoms with van der Waals surface area (Å²) in [4.78, 5) is 34.7. The molecule has 0 fully saturated rings. The summed E-state index contributed by atoms with van der Waals surface area (Å²) in [5.41, 5.74) is 6.22. The summed E-state index contributed by atoms with van der Waals surface area (Å²) in [6.07, 6.45) is 1.08. The molecule has 7 heteroatoms. The van der Waals surface area contributed by atoms with Gasteiger partial charge in [-0.2, -0.15) is 0 Å². The lowest BCUT2D eigenvalue weighted by Crippen LogP contribution is -2.49. The van der Waals surface area contributed by atoms with Crippen molar-refractivity contribution in [3.8, 4) is 0 Å². The minimum Gasteiger partial charge on any atom is -0.469 e. The van der Waals surface area contributed by atoms with E-state index in [0.717, 1.165) is 5.56 Å². The van der Waals surface area contributed by atoms with Gasteiger partial charge in [0.2, 0.25) is 11.8 Å². The molecule has 0 aliphatic rings. The molecule has 2 amide bonds. The lowest BCUT2D eigenvalue weighted by atomic mass is 10.1. The van der Waals surface area contributed by atoms with Gasteiger partial charge < -0.3 is 21.1 Å². The van der Waals surface area contributed by atoms with Crippen molar-refractivity contribution in [2.75, 3.05) is 20.2 Å². The van der Waals surface area contributed by atoms with Crippen LogP contribution in [0.3, 0.4) is 0 Å². The maximum Gasteiger partial charge on any atom is 0.305 e. The molecule has 1 rings (SSSR count). The maximum absolute atomic E-state index is 12.2. The van der Waals surface area contributed by atoms with Crippen molar-refractivity contribution in [1.82, 2.24) is 10.6 Å². The number of esters is 1. The Balaban J connectivity index is 2.54. The van der Waals surface area contributed by atoms with E-state index in [0.29, 0.717) is 19.4 Å². The number of hydrogen-bond donors (Lipinski definition) is 3. The predicted octanol–water partition coefficient (Wildman–Crippen LogP) is -0.258. The molecule has 0 saturated heterocycles. The Labute approximate surface area is 135 Å². The van der Waals surface area contributed by atoms with Crippen molar-refractivity contribution >= 4 is 17.8 Å². The average molecular weight is 321 g/mol. The first-order chi connectivity index (χ1) is 11.1. The molecule has 0 radical (unpaired) electrons.